The highest BCUT2D eigenvalue weighted by molar-refractivity contribution is 5.41. The van der Waals surface area contributed by atoms with Crippen LogP contribution in [-0.4, -0.2) is 45.8 Å². The lowest BCUT2D eigenvalue weighted by Gasteiger charge is -2.71. The number of rotatable bonds is 1. The van der Waals surface area contributed by atoms with E-state index in [4.69, 9.17) is 4.74 Å². The van der Waals surface area contributed by atoms with E-state index in [0.717, 1.165) is 23.1 Å². The van der Waals surface area contributed by atoms with Crippen LogP contribution in [0.3, 0.4) is 0 Å². The molecule has 1 aromatic carbocycles. The predicted molar refractivity (Wildman–Crippen MR) is 130 cm³/mol. The number of ether oxygens (including phenoxy) is 1. The minimum absolute atomic E-state index is 0.00350. The second-order valence-electron chi connectivity index (χ2n) is 12.8. The van der Waals surface area contributed by atoms with Crippen molar-refractivity contribution in [3.05, 3.63) is 47.0 Å². The van der Waals surface area contributed by atoms with Crippen molar-refractivity contribution >= 4 is 0 Å². The SMILES string of the molecule is CC1=C2[C@@H](C)[C@H](O)[C@@]3(C)C([C@H](c4ccccc4)[C@](O)(C[C@@H]1O)C2(C)C)[C@]1(C)CO[C@@H]1C[C@@H]3C. The molecule has 0 spiro atoms. The van der Waals surface area contributed by atoms with Crippen molar-refractivity contribution in [2.75, 3.05) is 6.61 Å². The Kier molecular flexibility index (Phi) is 5.11. The topological polar surface area (TPSA) is 69.9 Å². The Balaban J connectivity index is 1.87. The first-order chi connectivity index (χ1) is 15.3. The molecule has 4 nitrogen and oxygen atoms in total. The summed E-state index contributed by atoms with van der Waals surface area (Å²) in [7, 11) is 0. The van der Waals surface area contributed by atoms with Crippen LogP contribution >= 0.6 is 0 Å². The molecule has 182 valence electrons. The first kappa shape index (κ1) is 23.5. The summed E-state index contributed by atoms with van der Waals surface area (Å²) in [5.74, 6) is -0.156. The third kappa shape index (κ3) is 2.73. The van der Waals surface area contributed by atoms with Crippen molar-refractivity contribution in [1.82, 2.24) is 0 Å². The summed E-state index contributed by atoms with van der Waals surface area (Å²) < 4.78 is 6.13. The second kappa shape index (κ2) is 7.16. The Morgan fingerprint density at radius 1 is 1.00 bits per heavy atom. The molecule has 1 aromatic rings. The fraction of sp³-hybridized carbons (Fsp3) is 0.724. The molecular weight excluding hydrogens is 412 g/mol. The number of hydrogen-bond donors (Lipinski definition) is 3. The Morgan fingerprint density at radius 2 is 1.64 bits per heavy atom. The van der Waals surface area contributed by atoms with Crippen LogP contribution in [0.5, 0.6) is 0 Å². The summed E-state index contributed by atoms with van der Waals surface area (Å²) in [6.07, 6.45) is 0.0692. The highest BCUT2D eigenvalue weighted by Gasteiger charge is 2.72. The van der Waals surface area contributed by atoms with Gasteiger partial charge in [0, 0.05) is 34.5 Å². The lowest BCUT2D eigenvalue weighted by Crippen LogP contribution is -2.73. The monoisotopic (exact) mass is 454 g/mol. The second-order valence-corrected chi connectivity index (χ2v) is 12.8. The molecule has 0 aromatic heterocycles. The summed E-state index contributed by atoms with van der Waals surface area (Å²) >= 11 is 0. The fourth-order valence-corrected chi connectivity index (χ4v) is 9.05. The van der Waals surface area contributed by atoms with Crippen molar-refractivity contribution in [3.63, 3.8) is 0 Å². The summed E-state index contributed by atoms with van der Waals surface area (Å²) in [6, 6.07) is 10.4. The van der Waals surface area contributed by atoms with Gasteiger partial charge in [-0.15, -0.1) is 0 Å². The molecule has 3 fully saturated rings. The number of aliphatic hydroxyl groups is 3. The molecule has 0 amide bonds. The maximum absolute atomic E-state index is 12.9. The van der Waals surface area contributed by atoms with Crippen molar-refractivity contribution in [3.8, 4) is 0 Å². The van der Waals surface area contributed by atoms with Crippen LogP contribution in [0.1, 0.15) is 72.8 Å². The molecule has 0 radical (unpaired) electrons. The zero-order valence-electron chi connectivity index (χ0n) is 21.3. The molecule has 3 N–H and O–H groups in total. The first-order valence-corrected chi connectivity index (χ1v) is 12.8. The van der Waals surface area contributed by atoms with Gasteiger partial charge < -0.3 is 20.1 Å². The van der Waals surface area contributed by atoms with Crippen molar-refractivity contribution in [1.29, 1.82) is 0 Å². The zero-order chi connectivity index (χ0) is 24.1. The summed E-state index contributed by atoms with van der Waals surface area (Å²) in [5.41, 5.74) is 0.725. The molecule has 1 aliphatic heterocycles. The smallest absolute Gasteiger partial charge is 0.0834 e. The van der Waals surface area contributed by atoms with Crippen molar-refractivity contribution in [2.24, 2.45) is 34.0 Å². The van der Waals surface area contributed by atoms with Gasteiger partial charge in [-0.1, -0.05) is 77.4 Å². The van der Waals surface area contributed by atoms with Gasteiger partial charge in [-0.05, 0) is 36.3 Å². The first-order valence-electron chi connectivity index (χ1n) is 12.8. The molecule has 1 heterocycles. The molecule has 33 heavy (non-hydrogen) atoms. The van der Waals surface area contributed by atoms with Crippen LogP contribution in [0.25, 0.3) is 0 Å². The van der Waals surface area contributed by atoms with Gasteiger partial charge in [0.05, 0.1) is 30.5 Å². The van der Waals surface area contributed by atoms with E-state index < -0.39 is 28.6 Å². The van der Waals surface area contributed by atoms with E-state index in [9.17, 15) is 15.3 Å². The van der Waals surface area contributed by atoms with E-state index >= 15 is 0 Å². The van der Waals surface area contributed by atoms with Crippen LogP contribution in [0, 0.1) is 34.0 Å². The molecule has 10 atom stereocenters. The van der Waals surface area contributed by atoms with Gasteiger partial charge in [0.25, 0.3) is 0 Å². The van der Waals surface area contributed by atoms with Gasteiger partial charge >= 0.3 is 0 Å². The molecule has 4 heteroatoms. The predicted octanol–water partition coefficient (Wildman–Crippen LogP) is 4.69. The quantitative estimate of drug-likeness (QED) is 0.539. The highest BCUT2D eigenvalue weighted by atomic mass is 16.5. The molecule has 1 saturated heterocycles. The fourth-order valence-electron chi connectivity index (χ4n) is 9.05. The summed E-state index contributed by atoms with van der Waals surface area (Å²) in [5, 5.41) is 36.4. The number of hydrogen-bond acceptors (Lipinski definition) is 4. The highest BCUT2D eigenvalue weighted by Crippen LogP contribution is 2.71. The largest absolute Gasteiger partial charge is 0.392 e. The number of aliphatic hydroxyl groups excluding tert-OH is 2. The zero-order valence-corrected chi connectivity index (χ0v) is 21.3. The molecule has 2 bridgehead atoms. The Hall–Kier alpha value is -1.20. The van der Waals surface area contributed by atoms with E-state index in [1.807, 2.05) is 25.1 Å². The molecule has 1 unspecified atom stereocenters. The van der Waals surface area contributed by atoms with Gasteiger partial charge in [0.2, 0.25) is 0 Å². The average Bonchev–Trinajstić information content (AvgIpc) is 2.76. The van der Waals surface area contributed by atoms with E-state index in [-0.39, 0.29) is 35.2 Å². The van der Waals surface area contributed by atoms with Crippen molar-refractivity contribution in [2.45, 2.75) is 91.1 Å². The van der Waals surface area contributed by atoms with Gasteiger partial charge in [-0.25, -0.2) is 0 Å². The molecular formula is C29H42O4. The Morgan fingerprint density at radius 3 is 2.21 bits per heavy atom. The number of fused-ring (bicyclic) bond motifs is 5. The van der Waals surface area contributed by atoms with Crippen LogP contribution in [0.4, 0.5) is 0 Å². The Bertz CT molecular complexity index is 969. The maximum atomic E-state index is 12.9. The minimum atomic E-state index is -1.16. The Labute approximate surface area is 199 Å². The van der Waals surface area contributed by atoms with Gasteiger partial charge in [-0.3, -0.25) is 0 Å². The van der Waals surface area contributed by atoms with Crippen LogP contribution < -0.4 is 0 Å². The minimum Gasteiger partial charge on any atom is -0.392 e. The van der Waals surface area contributed by atoms with Crippen LogP contribution in [0.15, 0.2) is 41.5 Å². The van der Waals surface area contributed by atoms with E-state index in [2.05, 4.69) is 53.7 Å². The third-order valence-corrected chi connectivity index (χ3v) is 11.1. The molecule has 4 aliphatic rings. The van der Waals surface area contributed by atoms with E-state index in [1.165, 1.54) is 0 Å². The standard InChI is InChI=1S/C29H42O4/c1-16-13-21-27(6,15-33-21)24-23(19-11-9-8-10-12-19)29(32)14-20(30)17(2)22(26(29,4)5)18(3)25(31)28(16,24)7/h8-12,16,18,20-21,23-25,30-32H,13-15H2,1-7H3/t16-,18+,20-,21+,23-,24?,25-,27+,28+,29+/m0/s1. The third-order valence-electron chi connectivity index (χ3n) is 11.1. The lowest BCUT2D eigenvalue weighted by molar-refractivity contribution is -0.306. The van der Waals surface area contributed by atoms with E-state index in [0.29, 0.717) is 13.0 Å². The van der Waals surface area contributed by atoms with Gasteiger partial charge in [0.1, 0.15) is 0 Å². The molecule has 2 saturated carbocycles. The lowest BCUT2D eigenvalue weighted by atomic mass is 9.37. The normalized spacial score (nSPS) is 51.0. The number of benzene rings is 1. The average molecular weight is 455 g/mol. The van der Waals surface area contributed by atoms with Crippen LogP contribution in [0.2, 0.25) is 0 Å². The van der Waals surface area contributed by atoms with Gasteiger partial charge in [0.15, 0.2) is 0 Å². The maximum Gasteiger partial charge on any atom is 0.0834 e. The van der Waals surface area contributed by atoms with E-state index in [1.54, 1.807) is 0 Å². The molecule has 5 rings (SSSR count). The van der Waals surface area contributed by atoms with Crippen molar-refractivity contribution < 1.29 is 20.1 Å². The summed E-state index contributed by atoms with van der Waals surface area (Å²) in [6.45, 7) is 15.8. The summed E-state index contributed by atoms with van der Waals surface area (Å²) in [4.78, 5) is 0. The van der Waals surface area contributed by atoms with Crippen LogP contribution in [-0.2, 0) is 4.74 Å². The van der Waals surface area contributed by atoms with Gasteiger partial charge in [-0.2, -0.15) is 0 Å². The molecule has 3 aliphatic carbocycles.